The van der Waals surface area contributed by atoms with Crippen molar-refractivity contribution in [3.63, 3.8) is 0 Å². The quantitative estimate of drug-likeness (QED) is 0.320. The number of hydrogen-bond donors (Lipinski definition) is 3. The Morgan fingerprint density at radius 3 is 1.95 bits per heavy atom. The van der Waals surface area contributed by atoms with Crippen molar-refractivity contribution in [2.75, 3.05) is 78.7 Å². The van der Waals surface area contributed by atoms with Crippen LogP contribution in [0.2, 0.25) is 0 Å². The summed E-state index contributed by atoms with van der Waals surface area (Å²) in [5, 5.41) is 20.5. The zero-order valence-corrected chi connectivity index (χ0v) is 15.5. The highest BCUT2D eigenvalue weighted by molar-refractivity contribution is 8.82. The highest BCUT2D eigenvalue weighted by atomic mass is 33.1. The van der Waals surface area contributed by atoms with Crippen molar-refractivity contribution in [1.82, 2.24) is 19.4 Å². The van der Waals surface area contributed by atoms with Crippen molar-refractivity contribution in [2.45, 2.75) is 0 Å². The van der Waals surface area contributed by atoms with Gasteiger partial charge in [0.05, 0.1) is 13.2 Å². The second-order valence-corrected chi connectivity index (χ2v) is 7.73. The lowest BCUT2D eigenvalue weighted by Crippen LogP contribution is -2.44. The van der Waals surface area contributed by atoms with E-state index in [0.717, 1.165) is 65.4 Å². The average molecular weight is 369 g/mol. The Labute approximate surface area is 147 Å². The first-order valence-corrected chi connectivity index (χ1v) is 10.3. The molecule has 0 aromatic rings. The molecule has 2 heterocycles. The van der Waals surface area contributed by atoms with E-state index in [4.69, 9.17) is 22.4 Å². The molecule has 0 aliphatic carbocycles. The van der Waals surface area contributed by atoms with Gasteiger partial charge in [-0.1, -0.05) is 12.2 Å². The minimum atomic E-state index is 0.266. The van der Waals surface area contributed by atoms with Crippen molar-refractivity contribution in [2.24, 2.45) is 0 Å². The molecule has 0 saturated carbocycles. The van der Waals surface area contributed by atoms with Crippen LogP contribution in [-0.2, 0) is 0 Å². The fourth-order valence-electron chi connectivity index (χ4n) is 2.32. The third kappa shape index (κ3) is 9.64. The number of thiocarbonyl (C=S) groups is 1. The molecular weight excluding hydrogens is 340 g/mol. The molecule has 0 aromatic heterocycles. The Kier molecular flexibility index (Phi) is 13.1. The molecule has 6 nitrogen and oxygen atoms in total. The number of β-amino-alcohol motifs (C(OH)–C–C–N with tert-alkyl or cyclic N) is 2. The van der Waals surface area contributed by atoms with Gasteiger partial charge in [-0.25, -0.2) is 4.31 Å². The van der Waals surface area contributed by atoms with E-state index in [9.17, 15) is 0 Å². The fourth-order valence-corrected chi connectivity index (χ4v) is 4.03. The zero-order chi connectivity index (χ0) is 16.0. The van der Waals surface area contributed by atoms with Gasteiger partial charge in [-0.3, -0.25) is 9.80 Å². The molecule has 0 spiro atoms. The number of hydrogen-bond acceptors (Lipinski definition) is 9. The standard InChI is InChI=1S/C7H14N2OS3.C6H14N2O/c10-6-5-8-1-3-9(4-2-8)13-12-7-11;9-6-5-8-3-1-7-2-4-8/h7,10H,1-6H2;7,9H,1-6H2. The number of rotatable bonds is 7. The van der Waals surface area contributed by atoms with Crippen LogP contribution in [0.25, 0.3) is 0 Å². The van der Waals surface area contributed by atoms with Crippen LogP contribution in [0.3, 0.4) is 0 Å². The van der Waals surface area contributed by atoms with Gasteiger partial charge < -0.3 is 15.5 Å². The van der Waals surface area contributed by atoms with Gasteiger partial charge >= 0.3 is 0 Å². The Balaban J connectivity index is 0.000000235. The molecule has 0 amide bonds. The number of aliphatic hydroxyl groups excluding tert-OH is 2. The lowest BCUT2D eigenvalue weighted by atomic mass is 10.4. The van der Waals surface area contributed by atoms with E-state index in [1.807, 2.05) is 0 Å². The van der Waals surface area contributed by atoms with Gasteiger partial charge in [0.2, 0.25) is 0 Å². The molecule has 0 unspecified atom stereocenters. The maximum Gasteiger partial charge on any atom is 0.0558 e. The smallest absolute Gasteiger partial charge is 0.0558 e. The topological polar surface area (TPSA) is 62.2 Å². The first-order chi connectivity index (χ1) is 10.8. The van der Waals surface area contributed by atoms with Crippen molar-refractivity contribution in [3.8, 4) is 0 Å². The molecule has 3 N–H and O–H groups in total. The Morgan fingerprint density at radius 2 is 1.45 bits per heavy atom. The fraction of sp³-hybridized carbons (Fsp3) is 0.923. The minimum Gasteiger partial charge on any atom is -0.395 e. The third-order valence-corrected chi connectivity index (χ3v) is 6.14. The molecule has 2 fully saturated rings. The van der Waals surface area contributed by atoms with Gasteiger partial charge in [0.1, 0.15) is 0 Å². The molecule has 2 rings (SSSR count). The van der Waals surface area contributed by atoms with Gasteiger partial charge in [-0.15, -0.1) is 0 Å². The van der Waals surface area contributed by atoms with E-state index in [1.54, 1.807) is 26.5 Å². The molecule has 2 aliphatic rings. The predicted octanol–water partition coefficient (Wildman–Crippen LogP) is -0.266. The van der Waals surface area contributed by atoms with E-state index < -0.39 is 0 Å². The van der Waals surface area contributed by atoms with Crippen LogP contribution in [0.1, 0.15) is 0 Å². The summed E-state index contributed by atoms with van der Waals surface area (Å²) in [6.07, 6.45) is 0. The van der Waals surface area contributed by atoms with Crippen LogP contribution in [0.4, 0.5) is 0 Å². The van der Waals surface area contributed by atoms with Gasteiger partial charge in [-0.2, -0.15) is 0 Å². The second kappa shape index (κ2) is 13.9. The summed E-state index contributed by atoms with van der Waals surface area (Å²) in [7, 11) is 3.31. The van der Waals surface area contributed by atoms with Crippen molar-refractivity contribution in [1.29, 1.82) is 0 Å². The van der Waals surface area contributed by atoms with E-state index in [1.165, 1.54) is 0 Å². The predicted molar refractivity (Wildman–Crippen MR) is 100 cm³/mol. The molecular formula is C13H28N4O2S3. The number of nitrogens with one attached hydrogen (secondary N) is 1. The first-order valence-electron chi connectivity index (χ1n) is 7.69. The third-order valence-electron chi connectivity index (χ3n) is 3.56. The van der Waals surface area contributed by atoms with Crippen LogP contribution >= 0.6 is 34.0 Å². The van der Waals surface area contributed by atoms with Gasteiger partial charge in [0.25, 0.3) is 0 Å². The normalized spacial score (nSPS) is 21.2. The van der Waals surface area contributed by atoms with Crippen LogP contribution in [-0.4, -0.2) is 108 Å². The van der Waals surface area contributed by atoms with Gasteiger partial charge in [0, 0.05) is 70.1 Å². The maximum absolute atomic E-state index is 8.74. The van der Waals surface area contributed by atoms with E-state index in [0.29, 0.717) is 6.61 Å². The van der Waals surface area contributed by atoms with Crippen LogP contribution in [0.5, 0.6) is 0 Å². The highest BCUT2D eigenvalue weighted by Gasteiger charge is 2.16. The van der Waals surface area contributed by atoms with E-state index in [-0.39, 0.29) is 6.61 Å². The summed E-state index contributed by atoms with van der Waals surface area (Å²) in [5.74, 6) is 0. The summed E-state index contributed by atoms with van der Waals surface area (Å²) < 4.78 is 3.99. The summed E-state index contributed by atoms with van der Waals surface area (Å²) in [4.78, 5) is 4.54. The van der Waals surface area contributed by atoms with Gasteiger partial charge in [-0.05, 0) is 21.8 Å². The molecule has 9 heteroatoms. The summed E-state index contributed by atoms with van der Waals surface area (Å²) in [5.41, 5.74) is 0. The summed E-state index contributed by atoms with van der Waals surface area (Å²) in [6, 6.07) is 0. The van der Waals surface area contributed by atoms with E-state index >= 15 is 0 Å². The lowest BCUT2D eigenvalue weighted by Gasteiger charge is -2.32. The molecule has 2 saturated heterocycles. The van der Waals surface area contributed by atoms with E-state index in [2.05, 4.69) is 19.4 Å². The highest BCUT2D eigenvalue weighted by Crippen LogP contribution is 2.24. The van der Waals surface area contributed by atoms with Crippen molar-refractivity contribution < 1.29 is 10.2 Å². The average Bonchev–Trinajstić information content (AvgIpc) is 2.56. The van der Waals surface area contributed by atoms with Crippen LogP contribution < -0.4 is 5.32 Å². The second-order valence-electron chi connectivity index (χ2n) is 5.08. The van der Waals surface area contributed by atoms with Crippen molar-refractivity contribution in [3.05, 3.63) is 0 Å². The number of nitrogens with zero attached hydrogens (tertiary/aromatic N) is 3. The lowest BCUT2D eigenvalue weighted by molar-refractivity contribution is 0.156. The van der Waals surface area contributed by atoms with Gasteiger partial charge in [0.15, 0.2) is 0 Å². The molecule has 2 aliphatic heterocycles. The molecule has 0 bridgehead atoms. The molecule has 22 heavy (non-hydrogen) atoms. The monoisotopic (exact) mass is 368 g/mol. The Bertz CT molecular complexity index is 273. The Morgan fingerprint density at radius 1 is 0.909 bits per heavy atom. The summed E-state index contributed by atoms with van der Waals surface area (Å²) >= 11 is 4.73. The Hall–Kier alpha value is 0.550. The molecule has 0 atom stereocenters. The van der Waals surface area contributed by atoms with Crippen molar-refractivity contribution >= 4 is 38.7 Å². The summed E-state index contributed by atoms with van der Waals surface area (Å²) in [6.45, 7) is 10.7. The zero-order valence-electron chi connectivity index (χ0n) is 13.0. The van der Waals surface area contributed by atoms with Crippen LogP contribution in [0, 0.1) is 0 Å². The molecule has 0 radical (unpaired) electrons. The number of piperazine rings is 2. The number of aliphatic hydroxyl groups is 2. The minimum absolute atomic E-state index is 0.266. The maximum atomic E-state index is 8.74. The first kappa shape index (κ1) is 20.6. The molecule has 130 valence electrons. The SMILES string of the molecule is OCCN1CCN(SSC=S)CC1.OCCN1CCNCC1. The molecule has 0 aromatic carbocycles. The van der Waals surface area contributed by atoms with Crippen LogP contribution in [0.15, 0.2) is 0 Å². The largest absolute Gasteiger partial charge is 0.395 e.